The molecule has 0 aliphatic heterocycles. The van der Waals surface area contributed by atoms with Gasteiger partial charge in [0.15, 0.2) is 0 Å². The highest BCUT2D eigenvalue weighted by Gasteiger charge is 2.11. The van der Waals surface area contributed by atoms with Gasteiger partial charge in [0.2, 0.25) is 0 Å². The lowest BCUT2D eigenvalue weighted by Crippen LogP contribution is -2.11. The predicted molar refractivity (Wildman–Crippen MR) is 79.2 cm³/mol. The second kappa shape index (κ2) is 6.38. The molecule has 0 radical (unpaired) electrons. The summed E-state index contributed by atoms with van der Waals surface area (Å²) in [4.78, 5) is 15.2. The number of aromatic hydroxyl groups is 1. The standard InChI is InChI=1S/C14H13BrN2O3/c15-10-7-12(14(19)20)13(17-8-10)16-6-5-9-1-3-11(18)4-2-9/h1-4,7-8,18H,5-6H2,(H,16,17)(H,19,20). The fourth-order valence-corrected chi connectivity index (χ4v) is 2.06. The van der Waals surface area contributed by atoms with Crippen molar-refractivity contribution in [2.24, 2.45) is 0 Å². The van der Waals surface area contributed by atoms with E-state index >= 15 is 0 Å². The van der Waals surface area contributed by atoms with Gasteiger partial charge in [0.25, 0.3) is 0 Å². The van der Waals surface area contributed by atoms with Gasteiger partial charge in [-0.3, -0.25) is 0 Å². The third kappa shape index (κ3) is 3.71. The minimum absolute atomic E-state index is 0.130. The molecule has 104 valence electrons. The molecule has 0 saturated carbocycles. The number of phenolic OH excluding ortho intramolecular Hbond substituents is 1. The summed E-state index contributed by atoms with van der Waals surface area (Å²) in [5, 5.41) is 21.3. The molecule has 5 nitrogen and oxygen atoms in total. The summed E-state index contributed by atoms with van der Waals surface area (Å²) in [6.45, 7) is 0.555. The Labute approximate surface area is 124 Å². The van der Waals surface area contributed by atoms with Gasteiger partial charge in [0.05, 0.1) is 0 Å². The number of carboxylic acids is 1. The lowest BCUT2D eigenvalue weighted by Gasteiger charge is -2.09. The molecule has 3 N–H and O–H groups in total. The zero-order valence-electron chi connectivity index (χ0n) is 10.5. The molecule has 0 bridgehead atoms. The molecule has 0 spiro atoms. The number of aromatic carboxylic acids is 1. The first-order valence-electron chi connectivity index (χ1n) is 5.97. The van der Waals surface area contributed by atoms with Crippen LogP contribution in [0.25, 0.3) is 0 Å². The van der Waals surface area contributed by atoms with Crippen LogP contribution >= 0.6 is 15.9 Å². The second-order valence-corrected chi connectivity index (χ2v) is 5.11. The Kier molecular flexibility index (Phi) is 4.57. The number of rotatable bonds is 5. The molecular weight excluding hydrogens is 324 g/mol. The number of carbonyl (C=O) groups is 1. The molecule has 0 aliphatic carbocycles. The van der Waals surface area contributed by atoms with E-state index in [2.05, 4.69) is 26.2 Å². The molecule has 0 saturated heterocycles. The summed E-state index contributed by atoms with van der Waals surface area (Å²) >= 11 is 3.20. The molecule has 1 aromatic carbocycles. The third-order valence-corrected chi connectivity index (χ3v) is 3.16. The van der Waals surface area contributed by atoms with Crippen LogP contribution in [0, 0.1) is 0 Å². The first-order chi connectivity index (χ1) is 9.56. The highest BCUT2D eigenvalue weighted by molar-refractivity contribution is 9.10. The summed E-state index contributed by atoms with van der Waals surface area (Å²) < 4.78 is 0.624. The van der Waals surface area contributed by atoms with E-state index in [4.69, 9.17) is 5.11 Å². The minimum Gasteiger partial charge on any atom is -0.508 e. The molecule has 0 aliphatic rings. The Bertz CT molecular complexity index is 614. The number of halogens is 1. The first-order valence-corrected chi connectivity index (χ1v) is 6.76. The van der Waals surface area contributed by atoms with E-state index in [0.717, 1.165) is 5.56 Å². The van der Waals surface area contributed by atoms with Gasteiger partial charge in [0, 0.05) is 17.2 Å². The van der Waals surface area contributed by atoms with Crippen molar-refractivity contribution in [1.29, 1.82) is 0 Å². The average Bonchev–Trinajstić information content (AvgIpc) is 2.42. The Morgan fingerprint density at radius 3 is 2.65 bits per heavy atom. The van der Waals surface area contributed by atoms with Crippen LogP contribution in [0.1, 0.15) is 15.9 Å². The number of nitrogens with one attached hydrogen (secondary N) is 1. The quantitative estimate of drug-likeness (QED) is 0.781. The van der Waals surface area contributed by atoms with E-state index in [1.807, 2.05) is 12.1 Å². The topological polar surface area (TPSA) is 82.5 Å². The predicted octanol–water partition coefficient (Wildman–Crippen LogP) is 2.90. The number of aromatic nitrogens is 1. The van der Waals surface area contributed by atoms with Crippen LogP contribution < -0.4 is 5.32 Å². The van der Waals surface area contributed by atoms with E-state index in [9.17, 15) is 9.90 Å². The van der Waals surface area contributed by atoms with E-state index in [1.54, 1.807) is 18.3 Å². The van der Waals surface area contributed by atoms with E-state index < -0.39 is 5.97 Å². The first kappa shape index (κ1) is 14.3. The SMILES string of the molecule is O=C(O)c1cc(Br)cnc1NCCc1ccc(O)cc1. The van der Waals surface area contributed by atoms with Crippen LogP contribution in [-0.2, 0) is 6.42 Å². The van der Waals surface area contributed by atoms with Crippen LogP contribution in [0.2, 0.25) is 0 Å². The number of anilines is 1. The monoisotopic (exact) mass is 336 g/mol. The zero-order chi connectivity index (χ0) is 14.5. The number of nitrogens with zero attached hydrogens (tertiary/aromatic N) is 1. The van der Waals surface area contributed by atoms with Crippen LogP contribution in [-0.4, -0.2) is 27.7 Å². The second-order valence-electron chi connectivity index (χ2n) is 4.20. The van der Waals surface area contributed by atoms with Crippen molar-refractivity contribution < 1.29 is 15.0 Å². The van der Waals surface area contributed by atoms with Crippen molar-refractivity contribution in [1.82, 2.24) is 4.98 Å². The average molecular weight is 337 g/mol. The Balaban J connectivity index is 2.00. The molecule has 0 fully saturated rings. The van der Waals surface area contributed by atoms with Crippen molar-refractivity contribution in [3.05, 3.63) is 52.1 Å². The molecular formula is C14H13BrN2O3. The molecule has 1 heterocycles. The van der Waals surface area contributed by atoms with Gasteiger partial charge in [0.1, 0.15) is 17.1 Å². The van der Waals surface area contributed by atoms with Crippen molar-refractivity contribution in [3.63, 3.8) is 0 Å². The Hall–Kier alpha value is -2.08. The zero-order valence-corrected chi connectivity index (χ0v) is 12.1. The van der Waals surface area contributed by atoms with Gasteiger partial charge < -0.3 is 15.5 Å². The normalized spacial score (nSPS) is 10.2. The molecule has 2 aromatic rings. The van der Waals surface area contributed by atoms with Crippen molar-refractivity contribution in [2.75, 3.05) is 11.9 Å². The summed E-state index contributed by atoms with van der Waals surface area (Å²) in [6.07, 6.45) is 2.26. The van der Waals surface area contributed by atoms with Gasteiger partial charge in [-0.2, -0.15) is 0 Å². The van der Waals surface area contributed by atoms with Crippen molar-refractivity contribution >= 4 is 27.7 Å². The largest absolute Gasteiger partial charge is 0.508 e. The maximum atomic E-state index is 11.1. The van der Waals surface area contributed by atoms with Gasteiger partial charge in [-0.25, -0.2) is 9.78 Å². The third-order valence-electron chi connectivity index (χ3n) is 2.73. The van der Waals surface area contributed by atoms with Gasteiger partial charge in [-0.1, -0.05) is 12.1 Å². The number of hydrogen-bond acceptors (Lipinski definition) is 4. The van der Waals surface area contributed by atoms with Crippen molar-refractivity contribution in [3.8, 4) is 5.75 Å². The van der Waals surface area contributed by atoms with Crippen LogP contribution in [0.3, 0.4) is 0 Å². The lowest BCUT2D eigenvalue weighted by atomic mass is 10.1. The Morgan fingerprint density at radius 2 is 2.00 bits per heavy atom. The van der Waals surface area contributed by atoms with Gasteiger partial charge in [-0.15, -0.1) is 0 Å². The summed E-state index contributed by atoms with van der Waals surface area (Å²) in [7, 11) is 0. The van der Waals surface area contributed by atoms with Crippen LogP contribution in [0.5, 0.6) is 5.75 Å². The maximum Gasteiger partial charge on any atom is 0.339 e. The van der Waals surface area contributed by atoms with E-state index in [0.29, 0.717) is 23.3 Å². The van der Waals surface area contributed by atoms with Gasteiger partial charge >= 0.3 is 5.97 Å². The molecule has 0 amide bonds. The summed E-state index contributed by atoms with van der Waals surface area (Å²) in [5.74, 6) is -0.449. The fraction of sp³-hybridized carbons (Fsp3) is 0.143. The summed E-state index contributed by atoms with van der Waals surface area (Å²) in [5.41, 5.74) is 1.18. The van der Waals surface area contributed by atoms with Crippen molar-refractivity contribution in [2.45, 2.75) is 6.42 Å². The smallest absolute Gasteiger partial charge is 0.339 e. The number of benzene rings is 1. The maximum absolute atomic E-state index is 11.1. The molecule has 0 atom stereocenters. The molecule has 20 heavy (non-hydrogen) atoms. The number of phenols is 1. The highest BCUT2D eigenvalue weighted by atomic mass is 79.9. The molecule has 0 unspecified atom stereocenters. The lowest BCUT2D eigenvalue weighted by molar-refractivity contribution is 0.0697. The Morgan fingerprint density at radius 1 is 1.30 bits per heavy atom. The molecule has 1 aromatic heterocycles. The van der Waals surface area contributed by atoms with Crippen LogP contribution in [0.4, 0.5) is 5.82 Å². The summed E-state index contributed by atoms with van der Waals surface area (Å²) in [6, 6.07) is 8.40. The van der Waals surface area contributed by atoms with Gasteiger partial charge in [-0.05, 0) is 46.1 Å². The number of pyridine rings is 1. The fourth-order valence-electron chi connectivity index (χ4n) is 1.73. The molecule has 6 heteroatoms. The van der Waals surface area contributed by atoms with Crippen LogP contribution in [0.15, 0.2) is 41.0 Å². The number of carboxylic acid groups (broad SMARTS) is 1. The van der Waals surface area contributed by atoms with E-state index in [-0.39, 0.29) is 11.3 Å². The highest BCUT2D eigenvalue weighted by Crippen LogP contribution is 2.18. The van der Waals surface area contributed by atoms with E-state index in [1.165, 1.54) is 6.07 Å². The molecule has 2 rings (SSSR count). The minimum atomic E-state index is -1.02. The number of hydrogen-bond donors (Lipinski definition) is 3.